The fourth-order valence-corrected chi connectivity index (χ4v) is 1.94. The van der Waals surface area contributed by atoms with Crippen molar-refractivity contribution in [3.8, 4) is 11.5 Å². The van der Waals surface area contributed by atoms with Crippen molar-refractivity contribution in [3.63, 3.8) is 0 Å². The molecular formula is C15H12FNO. The zero-order chi connectivity index (χ0) is 12.5. The van der Waals surface area contributed by atoms with Gasteiger partial charge in [0.1, 0.15) is 11.3 Å². The number of hydrogen-bond acceptors (Lipinski definition) is 2. The smallest absolute Gasteiger partial charge is 0.230 e. The largest absolute Gasteiger partial charge is 0.436 e. The van der Waals surface area contributed by atoms with Gasteiger partial charge >= 0.3 is 0 Å². The van der Waals surface area contributed by atoms with Crippen LogP contribution >= 0.6 is 0 Å². The summed E-state index contributed by atoms with van der Waals surface area (Å²) >= 11 is 0. The third-order valence-electron chi connectivity index (χ3n) is 2.96. The number of oxazole rings is 1. The van der Waals surface area contributed by atoms with E-state index in [2.05, 4.69) is 11.9 Å². The number of benzene rings is 2. The summed E-state index contributed by atoms with van der Waals surface area (Å²) in [5.41, 5.74) is 3.04. The van der Waals surface area contributed by atoms with Gasteiger partial charge in [-0.3, -0.25) is 0 Å². The predicted molar refractivity (Wildman–Crippen MR) is 68.8 cm³/mol. The standard InChI is InChI=1S/C15H12FNO/c1-2-10-7-8-14-13(9-10)17-15(18-14)11-5-3-4-6-12(11)16/h3-9H,2H2,1H3. The molecule has 0 fully saturated rings. The lowest BCUT2D eigenvalue weighted by Gasteiger charge is -1.95. The maximum Gasteiger partial charge on any atom is 0.230 e. The second kappa shape index (κ2) is 4.26. The molecule has 0 atom stereocenters. The van der Waals surface area contributed by atoms with Crippen LogP contribution in [0.5, 0.6) is 0 Å². The lowest BCUT2D eigenvalue weighted by Crippen LogP contribution is -1.82. The number of nitrogens with zero attached hydrogens (tertiary/aromatic N) is 1. The van der Waals surface area contributed by atoms with Crippen LogP contribution in [0, 0.1) is 5.82 Å². The molecule has 0 bridgehead atoms. The first-order valence-corrected chi connectivity index (χ1v) is 5.92. The highest BCUT2D eigenvalue weighted by Gasteiger charge is 2.11. The van der Waals surface area contributed by atoms with Gasteiger partial charge in [-0.15, -0.1) is 0 Å². The summed E-state index contributed by atoms with van der Waals surface area (Å²) < 4.78 is 19.2. The van der Waals surface area contributed by atoms with Crippen molar-refractivity contribution in [1.82, 2.24) is 4.98 Å². The quantitative estimate of drug-likeness (QED) is 0.672. The minimum Gasteiger partial charge on any atom is -0.436 e. The van der Waals surface area contributed by atoms with Crippen LogP contribution in [0.2, 0.25) is 0 Å². The summed E-state index contributed by atoms with van der Waals surface area (Å²) in [5, 5.41) is 0. The van der Waals surface area contributed by atoms with E-state index in [0.717, 1.165) is 11.9 Å². The molecule has 0 aliphatic heterocycles. The number of rotatable bonds is 2. The molecule has 90 valence electrons. The number of aryl methyl sites for hydroxylation is 1. The highest BCUT2D eigenvalue weighted by Crippen LogP contribution is 2.26. The maximum absolute atomic E-state index is 13.6. The first-order chi connectivity index (χ1) is 8.78. The third-order valence-corrected chi connectivity index (χ3v) is 2.96. The van der Waals surface area contributed by atoms with Crippen LogP contribution in [0.15, 0.2) is 46.9 Å². The maximum atomic E-state index is 13.6. The van der Waals surface area contributed by atoms with Gasteiger partial charge in [0, 0.05) is 0 Å². The Morgan fingerprint density at radius 3 is 2.78 bits per heavy atom. The van der Waals surface area contributed by atoms with E-state index < -0.39 is 0 Å². The van der Waals surface area contributed by atoms with Gasteiger partial charge in [0.15, 0.2) is 5.58 Å². The molecule has 0 unspecified atom stereocenters. The highest BCUT2D eigenvalue weighted by molar-refractivity contribution is 5.77. The van der Waals surface area contributed by atoms with E-state index >= 15 is 0 Å². The number of fused-ring (bicyclic) bond motifs is 1. The van der Waals surface area contributed by atoms with Gasteiger partial charge in [0.25, 0.3) is 0 Å². The Kier molecular flexibility index (Phi) is 2.59. The van der Waals surface area contributed by atoms with Crippen LogP contribution in [-0.2, 0) is 6.42 Å². The first kappa shape index (κ1) is 11.0. The molecule has 0 aliphatic carbocycles. The molecule has 3 rings (SSSR count). The Labute approximate surface area is 104 Å². The lowest BCUT2D eigenvalue weighted by atomic mass is 10.1. The van der Waals surface area contributed by atoms with Crippen LogP contribution < -0.4 is 0 Å². The molecule has 2 aromatic carbocycles. The molecular weight excluding hydrogens is 229 g/mol. The Bertz CT molecular complexity index is 703. The zero-order valence-corrected chi connectivity index (χ0v) is 9.98. The fraction of sp³-hybridized carbons (Fsp3) is 0.133. The molecule has 1 heterocycles. The second-order valence-corrected chi connectivity index (χ2v) is 4.15. The summed E-state index contributed by atoms with van der Waals surface area (Å²) in [6, 6.07) is 12.3. The summed E-state index contributed by atoms with van der Waals surface area (Å²) in [4.78, 5) is 4.35. The van der Waals surface area contributed by atoms with E-state index in [-0.39, 0.29) is 5.82 Å². The SMILES string of the molecule is CCc1ccc2oc(-c3ccccc3F)nc2c1. The van der Waals surface area contributed by atoms with Gasteiger partial charge in [0.2, 0.25) is 5.89 Å². The summed E-state index contributed by atoms with van der Waals surface area (Å²) in [5.74, 6) is 0.0103. The normalized spacial score (nSPS) is 11.0. The van der Waals surface area contributed by atoms with E-state index in [1.165, 1.54) is 11.6 Å². The van der Waals surface area contributed by atoms with E-state index in [4.69, 9.17) is 4.42 Å². The topological polar surface area (TPSA) is 26.0 Å². The Balaban J connectivity index is 2.17. The zero-order valence-electron chi connectivity index (χ0n) is 9.98. The molecule has 0 saturated heterocycles. The van der Waals surface area contributed by atoms with Crippen LogP contribution in [0.1, 0.15) is 12.5 Å². The van der Waals surface area contributed by atoms with Crippen molar-refractivity contribution < 1.29 is 8.81 Å². The molecule has 1 aromatic heterocycles. The summed E-state index contributed by atoms with van der Waals surface area (Å²) in [6.45, 7) is 2.08. The van der Waals surface area contributed by atoms with Crippen molar-refractivity contribution in [2.24, 2.45) is 0 Å². The number of aromatic nitrogens is 1. The molecule has 0 aliphatic rings. The average molecular weight is 241 g/mol. The molecule has 0 N–H and O–H groups in total. The van der Waals surface area contributed by atoms with E-state index in [1.807, 2.05) is 18.2 Å². The highest BCUT2D eigenvalue weighted by atomic mass is 19.1. The summed E-state index contributed by atoms with van der Waals surface area (Å²) in [6.07, 6.45) is 0.942. The van der Waals surface area contributed by atoms with Crippen molar-refractivity contribution >= 4 is 11.1 Å². The lowest BCUT2D eigenvalue weighted by molar-refractivity contribution is 0.593. The Hall–Kier alpha value is -2.16. The second-order valence-electron chi connectivity index (χ2n) is 4.15. The van der Waals surface area contributed by atoms with Crippen LogP contribution in [-0.4, -0.2) is 4.98 Å². The molecule has 0 saturated carbocycles. The van der Waals surface area contributed by atoms with Crippen molar-refractivity contribution in [3.05, 3.63) is 53.8 Å². The fourth-order valence-electron chi connectivity index (χ4n) is 1.94. The van der Waals surface area contributed by atoms with Gasteiger partial charge < -0.3 is 4.42 Å². The Morgan fingerprint density at radius 2 is 2.00 bits per heavy atom. The molecule has 18 heavy (non-hydrogen) atoms. The van der Waals surface area contributed by atoms with Gasteiger partial charge in [0.05, 0.1) is 5.56 Å². The molecule has 3 aromatic rings. The summed E-state index contributed by atoms with van der Waals surface area (Å²) in [7, 11) is 0. The van der Waals surface area contributed by atoms with Crippen molar-refractivity contribution in [2.45, 2.75) is 13.3 Å². The van der Waals surface area contributed by atoms with E-state index in [0.29, 0.717) is 17.0 Å². The van der Waals surface area contributed by atoms with E-state index in [9.17, 15) is 4.39 Å². The molecule has 3 heteroatoms. The molecule has 2 nitrogen and oxygen atoms in total. The molecule has 0 spiro atoms. The van der Waals surface area contributed by atoms with E-state index in [1.54, 1.807) is 18.2 Å². The third kappa shape index (κ3) is 1.78. The minimum atomic E-state index is -0.320. The van der Waals surface area contributed by atoms with Gasteiger partial charge in [-0.1, -0.05) is 25.1 Å². The van der Waals surface area contributed by atoms with Crippen molar-refractivity contribution in [1.29, 1.82) is 0 Å². The first-order valence-electron chi connectivity index (χ1n) is 5.92. The van der Waals surface area contributed by atoms with Crippen LogP contribution in [0.25, 0.3) is 22.6 Å². The number of hydrogen-bond donors (Lipinski definition) is 0. The minimum absolute atomic E-state index is 0.320. The van der Waals surface area contributed by atoms with Gasteiger partial charge in [-0.05, 0) is 36.2 Å². The van der Waals surface area contributed by atoms with Crippen molar-refractivity contribution in [2.75, 3.05) is 0 Å². The molecule has 0 radical (unpaired) electrons. The monoisotopic (exact) mass is 241 g/mol. The van der Waals surface area contributed by atoms with Gasteiger partial charge in [-0.2, -0.15) is 0 Å². The Morgan fingerprint density at radius 1 is 1.17 bits per heavy atom. The van der Waals surface area contributed by atoms with Gasteiger partial charge in [-0.25, -0.2) is 9.37 Å². The number of halogens is 1. The van der Waals surface area contributed by atoms with Crippen LogP contribution in [0.3, 0.4) is 0 Å². The average Bonchev–Trinajstić information content (AvgIpc) is 2.81. The predicted octanol–water partition coefficient (Wildman–Crippen LogP) is 4.20. The van der Waals surface area contributed by atoms with Crippen LogP contribution in [0.4, 0.5) is 4.39 Å². The molecule has 0 amide bonds.